The highest BCUT2D eigenvalue weighted by Crippen LogP contribution is 2.20. The van der Waals surface area contributed by atoms with Crippen LogP contribution in [0.5, 0.6) is 0 Å². The third kappa shape index (κ3) is 5.89. The summed E-state index contributed by atoms with van der Waals surface area (Å²) in [5.74, 6) is -1.19. The summed E-state index contributed by atoms with van der Waals surface area (Å²) in [4.78, 5) is 23.6. The van der Waals surface area contributed by atoms with Crippen LogP contribution in [0.4, 0.5) is 0 Å². The molecule has 2 aromatic rings. The summed E-state index contributed by atoms with van der Waals surface area (Å²) in [5.41, 5.74) is 10.6. The number of nitrogens with two attached hydrogens (primary N) is 1. The van der Waals surface area contributed by atoms with Crippen LogP contribution in [0, 0.1) is 0 Å². The number of benzene rings is 2. The number of carbonyl (C=O) groups is 2. The highest BCUT2D eigenvalue weighted by molar-refractivity contribution is 5.97. The summed E-state index contributed by atoms with van der Waals surface area (Å²) in [6, 6.07) is 14.7. The lowest BCUT2D eigenvalue weighted by Crippen LogP contribution is -2.50. The van der Waals surface area contributed by atoms with E-state index in [0.29, 0.717) is 11.6 Å². The Labute approximate surface area is 158 Å². The quantitative estimate of drug-likeness (QED) is 0.356. The Balaban J connectivity index is 2.04. The summed E-state index contributed by atoms with van der Waals surface area (Å²) < 4.78 is 0. The highest BCUT2D eigenvalue weighted by Gasteiger charge is 2.19. The van der Waals surface area contributed by atoms with Crippen LogP contribution < -0.4 is 21.8 Å². The van der Waals surface area contributed by atoms with E-state index in [2.05, 4.69) is 36.6 Å². The molecule has 0 saturated heterocycles. The first-order valence-corrected chi connectivity index (χ1v) is 8.82. The number of amides is 2. The summed E-state index contributed by atoms with van der Waals surface area (Å²) in [6.45, 7) is 4.92. The SMILES string of the molecule is CC(C)NCc1ccc(-c2ccc(C(=O)N[C@@H](CN)C(=O)NO)cc2)cc1. The fraction of sp³-hybridized carbons (Fsp3) is 0.300. The van der Waals surface area contributed by atoms with E-state index in [-0.39, 0.29) is 6.54 Å². The highest BCUT2D eigenvalue weighted by atomic mass is 16.5. The van der Waals surface area contributed by atoms with Gasteiger partial charge in [-0.2, -0.15) is 0 Å². The van der Waals surface area contributed by atoms with Crippen LogP contribution in [0.3, 0.4) is 0 Å². The maximum absolute atomic E-state index is 12.2. The van der Waals surface area contributed by atoms with Crippen molar-refractivity contribution in [3.05, 3.63) is 59.7 Å². The molecule has 2 amide bonds. The van der Waals surface area contributed by atoms with Gasteiger partial charge in [0.05, 0.1) is 0 Å². The van der Waals surface area contributed by atoms with Gasteiger partial charge in [0.15, 0.2) is 0 Å². The minimum atomic E-state index is -0.992. The average Bonchev–Trinajstić information content (AvgIpc) is 2.70. The number of hydroxylamine groups is 1. The third-order valence-corrected chi connectivity index (χ3v) is 4.12. The Bertz CT molecular complexity index is 758. The van der Waals surface area contributed by atoms with Gasteiger partial charge >= 0.3 is 0 Å². The monoisotopic (exact) mass is 370 g/mol. The fourth-order valence-electron chi connectivity index (χ4n) is 2.50. The minimum absolute atomic E-state index is 0.117. The standard InChI is InChI=1S/C20H26N4O3/c1-13(2)22-12-14-3-5-15(6-4-14)16-7-9-17(10-8-16)19(25)23-18(11-21)20(26)24-27/h3-10,13,18,22,27H,11-12,21H2,1-2H3,(H,23,25)(H,24,26)/t18-/m0/s1. The Kier molecular flexibility index (Phi) is 7.48. The zero-order valence-electron chi connectivity index (χ0n) is 15.5. The van der Waals surface area contributed by atoms with E-state index >= 15 is 0 Å². The van der Waals surface area contributed by atoms with Crippen LogP contribution in [0.15, 0.2) is 48.5 Å². The first-order chi connectivity index (χ1) is 12.9. The van der Waals surface area contributed by atoms with Gasteiger partial charge in [-0.05, 0) is 28.8 Å². The van der Waals surface area contributed by atoms with Crippen LogP contribution >= 0.6 is 0 Å². The van der Waals surface area contributed by atoms with Crippen molar-refractivity contribution in [1.29, 1.82) is 0 Å². The van der Waals surface area contributed by atoms with E-state index in [1.807, 2.05) is 24.3 Å². The van der Waals surface area contributed by atoms with Crippen LogP contribution in [-0.4, -0.2) is 35.7 Å². The summed E-state index contributed by atoms with van der Waals surface area (Å²) in [5, 5.41) is 14.5. The van der Waals surface area contributed by atoms with Crippen LogP contribution in [-0.2, 0) is 11.3 Å². The smallest absolute Gasteiger partial charge is 0.267 e. The molecular weight excluding hydrogens is 344 g/mol. The Morgan fingerprint density at radius 1 is 1.00 bits per heavy atom. The van der Waals surface area contributed by atoms with E-state index in [0.717, 1.165) is 17.7 Å². The van der Waals surface area contributed by atoms with Gasteiger partial charge in [-0.1, -0.05) is 50.2 Å². The second-order valence-corrected chi connectivity index (χ2v) is 6.55. The van der Waals surface area contributed by atoms with Gasteiger partial charge in [-0.3, -0.25) is 14.8 Å². The molecule has 1 atom stereocenters. The molecular formula is C20H26N4O3. The maximum atomic E-state index is 12.2. The van der Waals surface area contributed by atoms with Gasteiger partial charge in [0.25, 0.3) is 11.8 Å². The van der Waals surface area contributed by atoms with Gasteiger partial charge in [0.1, 0.15) is 6.04 Å². The summed E-state index contributed by atoms with van der Waals surface area (Å²) >= 11 is 0. The van der Waals surface area contributed by atoms with E-state index < -0.39 is 17.9 Å². The van der Waals surface area contributed by atoms with Crippen molar-refractivity contribution in [3.63, 3.8) is 0 Å². The molecule has 0 aliphatic carbocycles. The van der Waals surface area contributed by atoms with E-state index in [1.165, 1.54) is 11.0 Å². The molecule has 7 nitrogen and oxygen atoms in total. The molecule has 0 saturated carbocycles. The molecule has 7 heteroatoms. The molecule has 0 aromatic heterocycles. The van der Waals surface area contributed by atoms with Gasteiger partial charge in [-0.25, -0.2) is 5.48 Å². The molecule has 0 aliphatic rings. The summed E-state index contributed by atoms with van der Waals surface area (Å²) in [6.07, 6.45) is 0. The van der Waals surface area contributed by atoms with Gasteiger partial charge in [-0.15, -0.1) is 0 Å². The van der Waals surface area contributed by atoms with Crippen molar-refractivity contribution >= 4 is 11.8 Å². The Hall–Kier alpha value is -2.74. The Morgan fingerprint density at radius 2 is 1.56 bits per heavy atom. The predicted octanol–water partition coefficient (Wildman–Crippen LogP) is 1.41. The number of hydrogen-bond acceptors (Lipinski definition) is 5. The molecule has 0 radical (unpaired) electrons. The lowest BCUT2D eigenvalue weighted by atomic mass is 10.0. The van der Waals surface area contributed by atoms with Crippen molar-refractivity contribution in [1.82, 2.24) is 16.1 Å². The average molecular weight is 370 g/mol. The van der Waals surface area contributed by atoms with Crippen molar-refractivity contribution in [2.24, 2.45) is 5.73 Å². The second-order valence-electron chi connectivity index (χ2n) is 6.55. The number of carbonyl (C=O) groups excluding carboxylic acids is 2. The first kappa shape index (κ1) is 20.6. The number of nitrogens with one attached hydrogen (secondary N) is 3. The molecule has 2 aromatic carbocycles. The van der Waals surface area contributed by atoms with Gasteiger partial charge in [0.2, 0.25) is 0 Å². The molecule has 0 heterocycles. The fourth-order valence-corrected chi connectivity index (χ4v) is 2.50. The lowest BCUT2D eigenvalue weighted by Gasteiger charge is -2.14. The van der Waals surface area contributed by atoms with Gasteiger partial charge < -0.3 is 16.4 Å². The number of rotatable bonds is 8. The summed E-state index contributed by atoms with van der Waals surface area (Å²) in [7, 11) is 0. The van der Waals surface area contributed by atoms with Crippen molar-refractivity contribution in [2.75, 3.05) is 6.54 Å². The zero-order chi connectivity index (χ0) is 19.8. The number of hydrogen-bond donors (Lipinski definition) is 5. The molecule has 0 unspecified atom stereocenters. The van der Waals surface area contributed by atoms with Crippen molar-refractivity contribution in [2.45, 2.75) is 32.5 Å². The largest absolute Gasteiger partial charge is 0.339 e. The molecule has 0 spiro atoms. The maximum Gasteiger partial charge on any atom is 0.267 e. The minimum Gasteiger partial charge on any atom is -0.339 e. The van der Waals surface area contributed by atoms with Crippen LogP contribution in [0.1, 0.15) is 29.8 Å². The molecule has 6 N–H and O–H groups in total. The van der Waals surface area contributed by atoms with E-state index in [4.69, 9.17) is 10.9 Å². The normalized spacial score (nSPS) is 11.9. The van der Waals surface area contributed by atoms with Crippen LogP contribution in [0.2, 0.25) is 0 Å². The van der Waals surface area contributed by atoms with Crippen LogP contribution in [0.25, 0.3) is 11.1 Å². The predicted molar refractivity (Wildman–Crippen MR) is 104 cm³/mol. The molecule has 0 bridgehead atoms. The van der Waals surface area contributed by atoms with E-state index in [1.54, 1.807) is 12.1 Å². The van der Waals surface area contributed by atoms with E-state index in [9.17, 15) is 9.59 Å². The lowest BCUT2D eigenvalue weighted by molar-refractivity contribution is -0.130. The van der Waals surface area contributed by atoms with Gasteiger partial charge in [0, 0.05) is 24.7 Å². The second kappa shape index (κ2) is 9.82. The first-order valence-electron chi connectivity index (χ1n) is 8.82. The molecule has 2 rings (SSSR count). The van der Waals surface area contributed by atoms with Crippen molar-refractivity contribution in [3.8, 4) is 11.1 Å². The van der Waals surface area contributed by atoms with Crippen molar-refractivity contribution < 1.29 is 14.8 Å². The Morgan fingerprint density at radius 3 is 2.04 bits per heavy atom. The zero-order valence-corrected chi connectivity index (χ0v) is 15.5. The molecule has 0 aliphatic heterocycles. The third-order valence-electron chi connectivity index (χ3n) is 4.12. The molecule has 0 fully saturated rings. The molecule has 27 heavy (non-hydrogen) atoms. The topological polar surface area (TPSA) is 116 Å². The molecule has 144 valence electrons.